The second kappa shape index (κ2) is 7.67. The van der Waals surface area contributed by atoms with Crippen LogP contribution in [0, 0.1) is 11.8 Å². The number of aromatic nitrogens is 2. The molecule has 0 amide bonds. The van der Waals surface area contributed by atoms with Crippen molar-refractivity contribution in [2.24, 2.45) is 11.8 Å². The fourth-order valence-corrected chi connectivity index (χ4v) is 2.40. The van der Waals surface area contributed by atoms with Gasteiger partial charge < -0.3 is 10.1 Å². The SMILES string of the molecule is COc1cnn(C(C)C)c1C(C)C(C)CNCC(C)C. The normalized spacial score (nSPS) is 14.8. The zero-order valence-corrected chi connectivity index (χ0v) is 14.1. The van der Waals surface area contributed by atoms with E-state index in [4.69, 9.17) is 4.74 Å². The van der Waals surface area contributed by atoms with Crippen LogP contribution in [0.15, 0.2) is 6.20 Å². The van der Waals surface area contributed by atoms with Gasteiger partial charge in [0.2, 0.25) is 0 Å². The van der Waals surface area contributed by atoms with Crippen molar-refractivity contribution >= 4 is 0 Å². The first kappa shape index (κ1) is 17.0. The van der Waals surface area contributed by atoms with Gasteiger partial charge in [-0.15, -0.1) is 0 Å². The van der Waals surface area contributed by atoms with Gasteiger partial charge in [0.1, 0.15) is 0 Å². The summed E-state index contributed by atoms with van der Waals surface area (Å²) < 4.78 is 7.57. The molecular formula is C16H31N3O. The van der Waals surface area contributed by atoms with Crippen LogP contribution in [0.1, 0.15) is 59.2 Å². The van der Waals surface area contributed by atoms with E-state index < -0.39 is 0 Å². The van der Waals surface area contributed by atoms with E-state index in [0.717, 1.165) is 18.8 Å². The number of ether oxygens (including phenoxy) is 1. The first-order valence-corrected chi connectivity index (χ1v) is 7.70. The van der Waals surface area contributed by atoms with E-state index in [1.165, 1.54) is 5.69 Å². The van der Waals surface area contributed by atoms with Gasteiger partial charge in [0.15, 0.2) is 5.75 Å². The topological polar surface area (TPSA) is 39.1 Å². The Kier molecular flexibility index (Phi) is 6.53. The smallest absolute Gasteiger partial charge is 0.160 e. The molecule has 0 aromatic carbocycles. The van der Waals surface area contributed by atoms with Gasteiger partial charge in [-0.3, -0.25) is 4.68 Å². The number of nitrogens with zero attached hydrogens (tertiary/aromatic N) is 2. The fraction of sp³-hybridized carbons (Fsp3) is 0.812. The molecule has 0 aliphatic heterocycles. The Balaban J connectivity index is 2.79. The summed E-state index contributed by atoms with van der Waals surface area (Å²) in [6, 6.07) is 0.354. The van der Waals surface area contributed by atoms with Crippen molar-refractivity contribution < 1.29 is 4.74 Å². The first-order valence-electron chi connectivity index (χ1n) is 7.70. The molecule has 4 heteroatoms. The molecule has 1 aromatic rings. The van der Waals surface area contributed by atoms with Gasteiger partial charge in [0, 0.05) is 12.0 Å². The van der Waals surface area contributed by atoms with E-state index in [-0.39, 0.29) is 0 Å². The minimum absolute atomic E-state index is 0.354. The van der Waals surface area contributed by atoms with E-state index in [0.29, 0.717) is 23.8 Å². The Morgan fingerprint density at radius 3 is 2.30 bits per heavy atom. The number of hydrogen-bond donors (Lipinski definition) is 1. The third-order valence-corrected chi connectivity index (χ3v) is 3.81. The first-order chi connectivity index (χ1) is 9.38. The summed E-state index contributed by atoms with van der Waals surface area (Å²) >= 11 is 0. The quantitative estimate of drug-likeness (QED) is 0.793. The summed E-state index contributed by atoms with van der Waals surface area (Å²) in [6.07, 6.45) is 1.83. The number of rotatable bonds is 8. The van der Waals surface area contributed by atoms with Gasteiger partial charge in [-0.1, -0.05) is 27.7 Å². The minimum Gasteiger partial charge on any atom is -0.493 e. The molecule has 4 nitrogen and oxygen atoms in total. The molecule has 0 aliphatic carbocycles. The summed E-state index contributed by atoms with van der Waals surface area (Å²) in [5.74, 6) is 2.54. The molecule has 0 radical (unpaired) electrons. The molecule has 1 N–H and O–H groups in total. The standard InChI is InChI=1S/C16H31N3O/c1-11(2)8-17-9-13(5)14(6)16-15(20-7)10-18-19(16)12(3)4/h10-14,17H,8-9H2,1-7H3. The summed E-state index contributed by atoms with van der Waals surface area (Å²) in [5.41, 5.74) is 1.21. The zero-order chi connectivity index (χ0) is 15.3. The maximum Gasteiger partial charge on any atom is 0.160 e. The fourth-order valence-electron chi connectivity index (χ4n) is 2.40. The van der Waals surface area contributed by atoms with E-state index in [9.17, 15) is 0 Å². The van der Waals surface area contributed by atoms with E-state index in [1.54, 1.807) is 7.11 Å². The van der Waals surface area contributed by atoms with Crippen LogP contribution in [0.3, 0.4) is 0 Å². The van der Waals surface area contributed by atoms with Crippen LogP contribution in [0.25, 0.3) is 0 Å². The molecule has 0 saturated heterocycles. The average Bonchev–Trinajstić information content (AvgIpc) is 2.80. The zero-order valence-electron chi connectivity index (χ0n) is 14.1. The largest absolute Gasteiger partial charge is 0.493 e. The van der Waals surface area contributed by atoms with E-state index >= 15 is 0 Å². The molecule has 1 heterocycles. The number of nitrogens with one attached hydrogen (secondary N) is 1. The van der Waals surface area contributed by atoms with Crippen molar-refractivity contribution in [1.29, 1.82) is 0 Å². The van der Waals surface area contributed by atoms with Crippen molar-refractivity contribution in [2.75, 3.05) is 20.2 Å². The summed E-state index contributed by atoms with van der Waals surface area (Å²) in [5, 5.41) is 8.01. The highest BCUT2D eigenvalue weighted by atomic mass is 16.5. The van der Waals surface area contributed by atoms with Crippen molar-refractivity contribution in [3.63, 3.8) is 0 Å². The van der Waals surface area contributed by atoms with Crippen LogP contribution in [0.2, 0.25) is 0 Å². The molecule has 0 aliphatic rings. The van der Waals surface area contributed by atoms with Crippen molar-refractivity contribution in [3.8, 4) is 5.75 Å². The van der Waals surface area contributed by atoms with Crippen molar-refractivity contribution in [2.45, 2.75) is 53.5 Å². The van der Waals surface area contributed by atoms with Crippen LogP contribution in [0.4, 0.5) is 0 Å². The van der Waals surface area contributed by atoms with Gasteiger partial charge in [0.05, 0.1) is 19.0 Å². The molecule has 1 aromatic heterocycles. The Morgan fingerprint density at radius 1 is 1.15 bits per heavy atom. The highest BCUT2D eigenvalue weighted by molar-refractivity contribution is 5.29. The third-order valence-electron chi connectivity index (χ3n) is 3.81. The van der Waals surface area contributed by atoms with Crippen LogP contribution in [-0.2, 0) is 0 Å². The second-order valence-corrected chi connectivity index (χ2v) is 6.45. The second-order valence-electron chi connectivity index (χ2n) is 6.45. The third kappa shape index (κ3) is 4.23. The predicted octanol–water partition coefficient (Wildman–Crippen LogP) is 3.46. The highest BCUT2D eigenvalue weighted by Gasteiger charge is 2.24. The monoisotopic (exact) mass is 281 g/mol. The van der Waals surface area contributed by atoms with Gasteiger partial charge >= 0.3 is 0 Å². The van der Waals surface area contributed by atoms with Crippen LogP contribution < -0.4 is 10.1 Å². The summed E-state index contributed by atoms with van der Waals surface area (Å²) in [7, 11) is 1.72. The van der Waals surface area contributed by atoms with Gasteiger partial charge in [-0.05, 0) is 38.8 Å². The molecule has 0 spiro atoms. The van der Waals surface area contributed by atoms with Crippen molar-refractivity contribution in [3.05, 3.63) is 11.9 Å². The summed E-state index contributed by atoms with van der Waals surface area (Å²) in [4.78, 5) is 0. The molecule has 20 heavy (non-hydrogen) atoms. The lowest BCUT2D eigenvalue weighted by atomic mass is 9.92. The molecule has 0 bridgehead atoms. The molecular weight excluding hydrogens is 250 g/mol. The predicted molar refractivity (Wildman–Crippen MR) is 84.5 cm³/mol. The molecule has 0 saturated carbocycles. The lowest BCUT2D eigenvalue weighted by molar-refractivity contribution is 0.366. The average molecular weight is 281 g/mol. The summed E-state index contributed by atoms with van der Waals surface area (Å²) in [6.45, 7) is 15.4. The highest BCUT2D eigenvalue weighted by Crippen LogP contribution is 2.33. The Bertz CT molecular complexity index is 398. The molecule has 2 atom stereocenters. The number of hydrogen-bond acceptors (Lipinski definition) is 3. The van der Waals surface area contributed by atoms with E-state index in [1.807, 2.05) is 6.20 Å². The van der Waals surface area contributed by atoms with E-state index in [2.05, 4.69) is 56.6 Å². The van der Waals surface area contributed by atoms with Crippen LogP contribution in [0.5, 0.6) is 5.75 Å². The van der Waals surface area contributed by atoms with Crippen LogP contribution in [-0.4, -0.2) is 30.0 Å². The molecule has 0 fully saturated rings. The lowest BCUT2D eigenvalue weighted by Gasteiger charge is -2.24. The van der Waals surface area contributed by atoms with Gasteiger partial charge in [-0.25, -0.2) is 0 Å². The van der Waals surface area contributed by atoms with Crippen molar-refractivity contribution in [1.82, 2.24) is 15.1 Å². The Morgan fingerprint density at radius 2 is 1.80 bits per heavy atom. The maximum absolute atomic E-state index is 5.49. The lowest BCUT2D eigenvalue weighted by Crippen LogP contribution is -2.28. The molecule has 1 rings (SSSR count). The Hall–Kier alpha value is -1.03. The molecule has 2 unspecified atom stereocenters. The molecule has 116 valence electrons. The maximum atomic E-state index is 5.49. The minimum atomic E-state index is 0.354. The Labute approximate surface area is 123 Å². The van der Waals surface area contributed by atoms with Crippen LogP contribution >= 0.6 is 0 Å². The van der Waals surface area contributed by atoms with Gasteiger partial charge in [0.25, 0.3) is 0 Å². The number of methoxy groups -OCH3 is 1. The van der Waals surface area contributed by atoms with Gasteiger partial charge in [-0.2, -0.15) is 5.10 Å².